The minimum absolute atomic E-state index is 0.128. The summed E-state index contributed by atoms with van der Waals surface area (Å²) in [6.07, 6.45) is 5.60. The van der Waals surface area contributed by atoms with Crippen LogP contribution in [-0.4, -0.2) is 34.3 Å². The van der Waals surface area contributed by atoms with E-state index in [0.29, 0.717) is 24.5 Å². The Bertz CT molecular complexity index is 894. The third-order valence-electron chi connectivity index (χ3n) is 3.84. The highest BCUT2D eigenvalue weighted by atomic mass is 32.2. The number of thioether (sulfide) groups is 1. The highest BCUT2D eigenvalue weighted by Gasteiger charge is 2.05. The smallest absolute Gasteiger partial charge is 0.255 e. The summed E-state index contributed by atoms with van der Waals surface area (Å²) in [5.74, 6) is 4.10. The standard InChI is InChI=1S/C19H23N5O2S/c1-20-12-16-4-5-17(26-16)13-27-8-7-22-19-23-11-15(18(25)24-19)9-14-3-2-6-21-10-14/h2-6,10-11,20H,7-9,12-13H2,1H3,(H2,22,23,24,25). The van der Waals surface area contributed by atoms with Crippen molar-refractivity contribution in [1.29, 1.82) is 0 Å². The number of hydrogen-bond donors (Lipinski definition) is 3. The second kappa shape index (κ2) is 9.94. The second-order valence-corrected chi connectivity index (χ2v) is 7.11. The van der Waals surface area contributed by atoms with E-state index in [0.717, 1.165) is 35.1 Å². The molecule has 0 atom stereocenters. The van der Waals surface area contributed by atoms with Gasteiger partial charge in [-0.15, -0.1) is 0 Å². The first kappa shape index (κ1) is 19.2. The van der Waals surface area contributed by atoms with Gasteiger partial charge in [0, 0.05) is 42.9 Å². The molecule has 3 aromatic heterocycles. The van der Waals surface area contributed by atoms with Crippen LogP contribution in [0.1, 0.15) is 22.6 Å². The van der Waals surface area contributed by atoms with Gasteiger partial charge in [-0.1, -0.05) is 6.07 Å². The SMILES string of the molecule is CNCc1ccc(CSCCNc2ncc(Cc3cccnc3)c(=O)[nH]2)o1. The monoisotopic (exact) mass is 385 g/mol. The van der Waals surface area contributed by atoms with E-state index >= 15 is 0 Å². The first-order valence-corrected chi connectivity index (χ1v) is 9.91. The van der Waals surface area contributed by atoms with Crippen LogP contribution >= 0.6 is 11.8 Å². The van der Waals surface area contributed by atoms with Crippen LogP contribution in [0.4, 0.5) is 5.95 Å². The fourth-order valence-electron chi connectivity index (χ4n) is 2.54. The summed E-state index contributed by atoms with van der Waals surface area (Å²) in [7, 11) is 1.90. The molecule has 3 heterocycles. The van der Waals surface area contributed by atoms with Crippen molar-refractivity contribution < 1.29 is 4.42 Å². The van der Waals surface area contributed by atoms with E-state index in [2.05, 4.69) is 25.6 Å². The van der Waals surface area contributed by atoms with E-state index in [4.69, 9.17) is 4.42 Å². The highest BCUT2D eigenvalue weighted by molar-refractivity contribution is 7.98. The van der Waals surface area contributed by atoms with Gasteiger partial charge in [0.2, 0.25) is 5.95 Å². The molecule has 7 nitrogen and oxygen atoms in total. The van der Waals surface area contributed by atoms with Crippen molar-refractivity contribution in [2.75, 3.05) is 24.7 Å². The summed E-state index contributed by atoms with van der Waals surface area (Å²) in [4.78, 5) is 23.3. The first-order chi connectivity index (χ1) is 13.2. The Morgan fingerprint density at radius 3 is 2.89 bits per heavy atom. The molecule has 0 aliphatic carbocycles. The van der Waals surface area contributed by atoms with Gasteiger partial charge in [0.25, 0.3) is 5.56 Å². The summed E-state index contributed by atoms with van der Waals surface area (Å²) in [6, 6.07) is 7.80. The van der Waals surface area contributed by atoms with E-state index in [1.807, 2.05) is 31.3 Å². The number of rotatable bonds is 10. The zero-order valence-corrected chi connectivity index (χ0v) is 16.0. The zero-order valence-electron chi connectivity index (χ0n) is 15.2. The summed E-state index contributed by atoms with van der Waals surface area (Å²) in [5.41, 5.74) is 1.48. The van der Waals surface area contributed by atoms with Gasteiger partial charge in [-0.2, -0.15) is 11.8 Å². The van der Waals surface area contributed by atoms with Gasteiger partial charge in [-0.3, -0.25) is 14.8 Å². The Kier molecular flexibility index (Phi) is 7.06. The molecule has 0 aliphatic heterocycles. The van der Waals surface area contributed by atoms with Gasteiger partial charge < -0.3 is 15.1 Å². The van der Waals surface area contributed by atoms with Crippen LogP contribution in [0.25, 0.3) is 0 Å². The third kappa shape index (κ3) is 5.97. The van der Waals surface area contributed by atoms with Gasteiger partial charge in [-0.05, 0) is 30.8 Å². The molecule has 0 amide bonds. The Morgan fingerprint density at radius 1 is 1.22 bits per heavy atom. The van der Waals surface area contributed by atoms with Crippen molar-refractivity contribution in [2.45, 2.75) is 18.7 Å². The predicted octanol–water partition coefficient (Wildman–Crippen LogP) is 2.41. The number of anilines is 1. The molecule has 0 fully saturated rings. The molecule has 0 aliphatic rings. The Balaban J connectivity index is 1.41. The molecule has 27 heavy (non-hydrogen) atoms. The normalized spacial score (nSPS) is 10.9. The second-order valence-electron chi connectivity index (χ2n) is 6.00. The molecule has 142 valence electrons. The molecule has 8 heteroatoms. The van der Waals surface area contributed by atoms with Crippen molar-refractivity contribution in [2.24, 2.45) is 0 Å². The van der Waals surface area contributed by atoms with Crippen LogP contribution in [0, 0.1) is 0 Å². The molecule has 3 N–H and O–H groups in total. The molecular weight excluding hydrogens is 362 g/mol. The maximum absolute atomic E-state index is 12.2. The van der Waals surface area contributed by atoms with Crippen molar-refractivity contribution in [1.82, 2.24) is 20.3 Å². The third-order valence-corrected chi connectivity index (χ3v) is 4.82. The van der Waals surface area contributed by atoms with Crippen molar-refractivity contribution in [3.8, 4) is 0 Å². The van der Waals surface area contributed by atoms with E-state index < -0.39 is 0 Å². The lowest BCUT2D eigenvalue weighted by Crippen LogP contribution is -2.18. The number of furan rings is 1. The molecule has 0 saturated heterocycles. The molecule has 0 aromatic carbocycles. The Labute approximate surface area is 162 Å². The fourth-order valence-corrected chi connectivity index (χ4v) is 3.29. The van der Waals surface area contributed by atoms with Gasteiger partial charge in [-0.25, -0.2) is 4.98 Å². The molecule has 3 rings (SSSR count). The van der Waals surface area contributed by atoms with Crippen LogP contribution in [0.15, 0.2) is 52.1 Å². The molecule has 0 bridgehead atoms. The van der Waals surface area contributed by atoms with Crippen LogP contribution in [0.3, 0.4) is 0 Å². The van der Waals surface area contributed by atoms with Gasteiger partial charge in [0.05, 0.1) is 12.3 Å². The fraction of sp³-hybridized carbons (Fsp3) is 0.316. The summed E-state index contributed by atoms with van der Waals surface area (Å²) < 4.78 is 5.70. The van der Waals surface area contributed by atoms with Crippen LogP contribution < -0.4 is 16.2 Å². The van der Waals surface area contributed by atoms with E-state index in [1.165, 1.54) is 0 Å². The molecule has 0 radical (unpaired) electrons. The lowest BCUT2D eigenvalue weighted by Gasteiger charge is -2.06. The molecule has 0 saturated carbocycles. The number of nitrogens with zero attached hydrogens (tertiary/aromatic N) is 2. The maximum atomic E-state index is 12.2. The van der Waals surface area contributed by atoms with Crippen LogP contribution in [0.5, 0.6) is 0 Å². The topological polar surface area (TPSA) is 95.8 Å². The molecule has 0 spiro atoms. The van der Waals surface area contributed by atoms with E-state index in [-0.39, 0.29) is 5.56 Å². The average molecular weight is 385 g/mol. The maximum Gasteiger partial charge on any atom is 0.255 e. The largest absolute Gasteiger partial charge is 0.464 e. The quantitative estimate of drug-likeness (QED) is 0.461. The summed E-state index contributed by atoms with van der Waals surface area (Å²) in [6.45, 7) is 1.45. The number of hydrogen-bond acceptors (Lipinski definition) is 7. The molecular formula is C19H23N5O2S. The number of H-pyrrole nitrogens is 1. The van der Waals surface area contributed by atoms with Crippen molar-refractivity contribution in [3.63, 3.8) is 0 Å². The number of aromatic amines is 1. The molecule has 3 aromatic rings. The lowest BCUT2D eigenvalue weighted by atomic mass is 10.1. The average Bonchev–Trinajstić information content (AvgIpc) is 3.12. The minimum atomic E-state index is -0.128. The number of pyridine rings is 1. The minimum Gasteiger partial charge on any atom is -0.464 e. The number of nitrogens with one attached hydrogen (secondary N) is 3. The lowest BCUT2D eigenvalue weighted by molar-refractivity contribution is 0.469. The van der Waals surface area contributed by atoms with Crippen molar-refractivity contribution >= 4 is 17.7 Å². The zero-order chi connectivity index (χ0) is 18.9. The van der Waals surface area contributed by atoms with Crippen LogP contribution in [0.2, 0.25) is 0 Å². The number of aromatic nitrogens is 3. The van der Waals surface area contributed by atoms with Gasteiger partial charge in [0.15, 0.2) is 0 Å². The van der Waals surface area contributed by atoms with Crippen LogP contribution in [-0.2, 0) is 18.7 Å². The summed E-state index contributed by atoms with van der Waals surface area (Å²) in [5, 5.41) is 6.21. The van der Waals surface area contributed by atoms with Gasteiger partial charge >= 0.3 is 0 Å². The first-order valence-electron chi connectivity index (χ1n) is 8.75. The van der Waals surface area contributed by atoms with Gasteiger partial charge in [0.1, 0.15) is 11.5 Å². The summed E-state index contributed by atoms with van der Waals surface area (Å²) >= 11 is 1.76. The molecule has 0 unspecified atom stereocenters. The predicted molar refractivity (Wildman–Crippen MR) is 108 cm³/mol. The Hall–Kier alpha value is -2.58. The van der Waals surface area contributed by atoms with E-state index in [1.54, 1.807) is 30.4 Å². The van der Waals surface area contributed by atoms with E-state index in [9.17, 15) is 4.79 Å². The highest BCUT2D eigenvalue weighted by Crippen LogP contribution is 2.15. The Morgan fingerprint density at radius 2 is 2.11 bits per heavy atom. The van der Waals surface area contributed by atoms with Crippen molar-refractivity contribution in [3.05, 3.63) is 75.9 Å².